The summed E-state index contributed by atoms with van der Waals surface area (Å²) < 4.78 is 5.16. The van der Waals surface area contributed by atoms with Crippen molar-refractivity contribution in [3.8, 4) is 0 Å². The van der Waals surface area contributed by atoms with E-state index in [1.807, 2.05) is 18.7 Å². The molecule has 25 heavy (non-hydrogen) atoms. The molecule has 2 aromatic heterocycles. The first-order valence-corrected chi connectivity index (χ1v) is 8.25. The number of nitrogens with one attached hydrogen (secondary N) is 1. The molecule has 0 bridgehead atoms. The second kappa shape index (κ2) is 7.33. The number of piperazine rings is 1. The Morgan fingerprint density at radius 2 is 1.96 bits per heavy atom. The minimum absolute atomic E-state index is 0.0436. The monoisotopic (exact) mass is 343 g/mol. The number of amides is 2. The molecule has 0 atom stereocenters. The van der Waals surface area contributed by atoms with Crippen molar-refractivity contribution in [1.29, 1.82) is 0 Å². The molecule has 132 valence electrons. The molecule has 0 aliphatic carbocycles. The van der Waals surface area contributed by atoms with Gasteiger partial charge in [0.1, 0.15) is 17.8 Å². The minimum Gasteiger partial charge on any atom is -0.459 e. The number of aromatic nitrogens is 2. The molecule has 8 nitrogen and oxygen atoms in total. The summed E-state index contributed by atoms with van der Waals surface area (Å²) in [5, 5.41) is 2.82. The first-order valence-electron chi connectivity index (χ1n) is 8.25. The molecular weight excluding hydrogens is 322 g/mol. The number of furan rings is 1. The Morgan fingerprint density at radius 1 is 1.20 bits per heavy atom. The van der Waals surface area contributed by atoms with Crippen LogP contribution in [-0.4, -0.2) is 58.9 Å². The normalized spacial score (nSPS) is 14.7. The van der Waals surface area contributed by atoms with Gasteiger partial charge in [-0.3, -0.25) is 9.59 Å². The Bertz CT molecular complexity index is 737. The van der Waals surface area contributed by atoms with Crippen molar-refractivity contribution in [3.63, 3.8) is 0 Å². The molecule has 0 saturated carbocycles. The van der Waals surface area contributed by atoms with Crippen LogP contribution in [0, 0.1) is 0 Å². The molecule has 8 heteroatoms. The van der Waals surface area contributed by atoms with Crippen molar-refractivity contribution in [2.45, 2.75) is 19.9 Å². The summed E-state index contributed by atoms with van der Waals surface area (Å²) in [6.07, 6.45) is 2.89. The van der Waals surface area contributed by atoms with E-state index < -0.39 is 0 Å². The van der Waals surface area contributed by atoms with Gasteiger partial charge in [-0.05, 0) is 26.0 Å². The highest BCUT2D eigenvalue weighted by molar-refractivity contribution is 5.93. The van der Waals surface area contributed by atoms with E-state index in [2.05, 4.69) is 15.3 Å². The van der Waals surface area contributed by atoms with Gasteiger partial charge in [0.25, 0.3) is 11.8 Å². The van der Waals surface area contributed by atoms with Crippen molar-refractivity contribution in [2.24, 2.45) is 0 Å². The van der Waals surface area contributed by atoms with Crippen LogP contribution in [0.5, 0.6) is 0 Å². The highest BCUT2D eigenvalue weighted by Gasteiger charge is 2.24. The lowest BCUT2D eigenvalue weighted by Crippen LogP contribution is -2.49. The van der Waals surface area contributed by atoms with Gasteiger partial charge in [0, 0.05) is 38.3 Å². The van der Waals surface area contributed by atoms with E-state index in [4.69, 9.17) is 4.42 Å². The van der Waals surface area contributed by atoms with Gasteiger partial charge in [-0.15, -0.1) is 0 Å². The van der Waals surface area contributed by atoms with Gasteiger partial charge in [-0.2, -0.15) is 0 Å². The molecule has 0 unspecified atom stereocenters. The van der Waals surface area contributed by atoms with Crippen molar-refractivity contribution >= 4 is 17.6 Å². The van der Waals surface area contributed by atoms with Crippen molar-refractivity contribution in [3.05, 3.63) is 42.2 Å². The number of hydrogen-bond donors (Lipinski definition) is 1. The summed E-state index contributed by atoms with van der Waals surface area (Å²) in [5.41, 5.74) is 0.341. The van der Waals surface area contributed by atoms with Crippen LogP contribution in [0.4, 0.5) is 5.82 Å². The quantitative estimate of drug-likeness (QED) is 0.896. The summed E-state index contributed by atoms with van der Waals surface area (Å²) >= 11 is 0. The number of anilines is 1. The van der Waals surface area contributed by atoms with E-state index >= 15 is 0 Å². The minimum atomic E-state index is -0.217. The van der Waals surface area contributed by atoms with Crippen LogP contribution < -0.4 is 10.2 Å². The molecule has 3 rings (SSSR count). The van der Waals surface area contributed by atoms with E-state index in [9.17, 15) is 9.59 Å². The van der Waals surface area contributed by atoms with Crippen LogP contribution in [-0.2, 0) is 0 Å². The van der Waals surface area contributed by atoms with Gasteiger partial charge in [0.05, 0.1) is 6.26 Å². The third-order valence-corrected chi connectivity index (χ3v) is 3.93. The fraction of sp³-hybridized carbons (Fsp3) is 0.412. The number of hydrogen-bond acceptors (Lipinski definition) is 6. The first kappa shape index (κ1) is 16.9. The lowest BCUT2D eigenvalue weighted by molar-refractivity contribution is 0.0714. The summed E-state index contributed by atoms with van der Waals surface area (Å²) in [5.74, 6) is 0.715. The van der Waals surface area contributed by atoms with E-state index in [0.717, 1.165) is 0 Å². The zero-order chi connectivity index (χ0) is 17.8. The second-order valence-electron chi connectivity index (χ2n) is 6.15. The van der Waals surface area contributed by atoms with Gasteiger partial charge in [0.2, 0.25) is 0 Å². The highest BCUT2D eigenvalue weighted by atomic mass is 16.3. The van der Waals surface area contributed by atoms with Gasteiger partial charge in [-0.25, -0.2) is 9.97 Å². The molecule has 1 fully saturated rings. The highest BCUT2D eigenvalue weighted by Crippen LogP contribution is 2.16. The van der Waals surface area contributed by atoms with Crippen LogP contribution >= 0.6 is 0 Å². The fourth-order valence-electron chi connectivity index (χ4n) is 2.68. The maximum atomic E-state index is 12.3. The van der Waals surface area contributed by atoms with E-state index in [1.165, 1.54) is 12.6 Å². The Balaban J connectivity index is 1.63. The maximum Gasteiger partial charge on any atom is 0.289 e. The fourth-order valence-corrected chi connectivity index (χ4v) is 2.68. The molecule has 3 heterocycles. The van der Waals surface area contributed by atoms with Crippen molar-refractivity contribution in [1.82, 2.24) is 20.2 Å². The van der Waals surface area contributed by atoms with Crippen LogP contribution in [0.3, 0.4) is 0 Å². The molecular formula is C17H21N5O3. The summed E-state index contributed by atoms with van der Waals surface area (Å²) in [6.45, 7) is 6.20. The lowest BCUT2D eigenvalue weighted by atomic mass is 10.2. The molecule has 1 saturated heterocycles. The zero-order valence-electron chi connectivity index (χ0n) is 14.3. The summed E-state index contributed by atoms with van der Waals surface area (Å²) in [7, 11) is 0. The van der Waals surface area contributed by atoms with Crippen LogP contribution in [0.15, 0.2) is 35.2 Å². The van der Waals surface area contributed by atoms with Gasteiger partial charge >= 0.3 is 0 Å². The third kappa shape index (κ3) is 3.96. The average molecular weight is 343 g/mol. The van der Waals surface area contributed by atoms with Crippen LogP contribution in [0.2, 0.25) is 0 Å². The van der Waals surface area contributed by atoms with E-state index in [1.54, 1.807) is 23.1 Å². The zero-order valence-corrected chi connectivity index (χ0v) is 14.3. The van der Waals surface area contributed by atoms with E-state index in [0.29, 0.717) is 43.5 Å². The molecule has 0 aromatic carbocycles. The van der Waals surface area contributed by atoms with Crippen molar-refractivity contribution < 1.29 is 14.0 Å². The number of rotatable bonds is 4. The predicted octanol–water partition coefficient (Wildman–Crippen LogP) is 1.17. The Kier molecular flexibility index (Phi) is 4.97. The van der Waals surface area contributed by atoms with Gasteiger partial charge in [-0.1, -0.05) is 0 Å². The Morgan fingerprint density at radius 3 is 2.60 bits per heavy atom. The smallest absolute Gasteiger partial charge is 0.289 e. The van der Waals surface area contributed by atoms with E-state index in [-0.39, 0.29) is 17.9 Å². The number of nitrogens with zero attached hydrogens (tertiary/aromatic N) is 4. The third-order valence-electron chi connectivity index (χ3n) is 3.93. The first-order chi connectivity index (χ1) is 12.0. The van der Waals surface area contributed by atoms with Gasteiger partial charge in [0.15, 0.2) is 5.76 Å². The van der Waals surface area contributed by atoms with Crippen molar-refractivity contribution in [2.75, 3.05) is 31.1 Å². The predicted molar refractivity (Wildman–Crippen MR) is 91.5 cm³/mol. The van der Waals surface area contributed by atoms with Gasteiger partial charge < -0.3 is 19.5 Å². The molecule has 2 aromatic rings. The number of carbonyl (C=O) groups is 2. The molecule has 1 aliphatic heterocycles. The SMILES string of the molecule is CC(C)NC(=O)c1cc(N2CCN(C(=O)c3ccco3)CC2)ncn1. The summed E-state index contributed by atoms with van der Waals surface area (Å²) in [6, 6.07) is 5.09. The molecule has 1 aliphatic rings. The largest absolute Gasteiger partial charge is 0.459 e. The molecule has 2 amide bonds. The Labute approximate surface area is 145 Å². The molecule has 1 N–H and O–H groups in total. The maximum absolute atomic E-state index is 12.3. The Hall–Kier alpha value is -2.90. The van der Waals surface area contributed by atoms with Crippen LogP contribution in [0.25, 0.3) is 0 Å². The topological polar surface area (TPSA) is 91.6 Å². The summed E-state index contributed by atoms with van der Waals surface area (Å²) in [4.78, 5) is 36.5. The standard InChI is InChI=1S/C17H21N5O3/c1-12(2)20-16(23)13-10-15(19-11-18-13)21-5-7-22(8-6-21)17(24)14-4-3-9-25-14/h3-4,9-12H,5-8H2,1-2H3,(H,20,23). The number of carbonyl (C=O) groups excluding carboxylic acids is 2. The van der Waals surface area contributed by atoms with Crippen LogP contribution in [0.1, 0.15) is 34.9 Å². The lowest BCUT2D eigenvalue weighted by Gasteiger charge is -2.35. The molecule has 0 spiro atoms. The second-order valence-corrected chi connectivity index (χ2v) is 6.15. The molecule has 0 radical (unpaired) electrons. The average Bonchev–Trinajstić information content (AvgIpc) is 3.15.